The van der Waals surface area contributed by atoms with Gasteiger partial charge in [0.2, 0.25) is 0 Å². The molecule has 1 unspecified atom stereocenters. The van der Waals surface area contributed by atoms with Crippen LogP contribution in [0.25, 0.3) is 0 Å². The first kappa shape index (κ1) is 15.9. The topological polar surface area (TPSA) is 21.3 Å². The fourth-order valence-electron chi connectivity index (χ4n) is 2.57. The maximum absolute atomic E-state index is 6.08. The van der Waals surface area contributed by atoms with Crippen LogP contribution in [0.15, 0.2) is 42.5 Å². The Morgan fingerprint density at radius 3 is 2.62 bits per heavy atom. The first-order chi connectivity index (χ1) is 10.1. The summed E-state index contributed by atoms with van der Waals surface area (Å²) in [5.74, 6) is 0.928. The third kappa shape index (κ3) is 4.23. The summed E-state index contributed by atoms with van der Waals surface area (Å²) in [7, 11) is 1.70. The van der Waals surface area contributed by atoms with Gasteiger partial charge in [0.25, 0.3) is 0 Å². The molecule has 0 saturated heterocycles. The van der Waals surface area contributed by atoms with Crippen molar-refractivity contribution in [1.29, 1.82) is 0 Å². The number of ether oxygens (including phenoxy) is 1. The highest BCUT2D eigenvalue weighted by molar-refractivity contribution is 6.30. The van der Waals surface area contributed by atoms with Gasteiger partial charge < -0.3 is 10.1 Å². The van der Waals surface area contributed by atoms with Gasteiger partial charge in [0, 0.05) is 11.1 Å². The molecule has 2 nitrogen and oxygen atoms in total. The first-order valence-electron chi connectivity index (χ1n) is 7.26. The Morgan fingerprint density at radius 1 is 1.19 bits per heavy atom. The molecular weight excluding hydrogens is 282 g/mol. The maximum Gasteiger partial charge on any atom is 0.121 e. The first-order valence-corrected chi connectivity index (χ1v) is 7.64. The number of likely N-dealkylation sites (N-methyl/N-ethyl adjacent to an activating group) is 1. The van der Waals surface area contributed by atoms with E-state index >= 15 is 0 Å². The van der Waals surface area contributed by atoms with E-state index in [0.717, 1.165) is 29.3 Å². The molecule has 0 spiro atoms. The van der Waals surface area contributed by atoms with Gasteiger partial charge in [-0.3, -0.25) is 0 Å². The second kappa shape index (κ2) is 7.48. The van der Waals surface area contributed by atoms with Gasteiger partial charge in [0.05, 0.1) is 7.11 Å². The maximum atomic E-state index is 6.08. The molecule has 2 aromatic rings. The van der Waals surface area contributed by atoms with E-state index in [1.54, 1.807) is 7.11 Å². The largest absolute Gasteiger partial charge is 0.496 e. The zero-order valence-corrected chi connectivity index (χ0v) is 13.6. The zero-order valence-electron chi connectivity index (χ0n) is 12.8. The zero-order chi connectivity index (χ0) is 15.2. The van der Waals surface area contributed by atoms with Crippen molar-refractivity contribution < 1.29 is 4.74 Å². The second-order valence-electron chi connectivity index (χ2n) is 5.17. The van der Waals surface area contributed by atoms with Crippen LogP contribution >= 0.6 is 11.6 Å². The Hall–Kier alpha value is -1.51. The van der Waals surface area contributed by atoms with Gasteiger partial charge in [-0.05, 0) is 54.8 Å². The molecule has 1 atom stereocenters. The van der Waals surface area contributed by atoms with Gasteiger partial charge in [-0.25, -0.2) is 0 Å². The molecule has 2 rings (SSSR count). The van der Waals surface area contributed by atoms with Crippen molar-refractivity contribution in [1.82, 2.24) is 5.32 Å². The number of methoxy groups -OCH3 is 1. The predicted molar refractivity (Wildman–Crippen MR) is 89.3 cm³/mol. The van der Waals surface area contributed by atoms with Crippen molar-refractivity contribution in [3.8, 4) is 5.75 Å². The van der Waals surface area contributed by atoms with Gasteiger partial charge in [0.15, 0.2) is 0 Å². The van der Waals surface area contributed by atoms with E-state index in [0.29, 0.717) is 0 Å². The van der Waals surface area contributed by atoms with Gasteiger partial charge in [-0.2, -0.15) is 0 Å². The fourth-order valence-corrected chi connectivity index (χ4v) is 2.79. The third-order valence-corrected chi connectivity index (χ3v) is 3.84. The van der Waals surface area contributed by atoms with Gasteiger partial charge in [0.1, 0.15) is 5.75 Å². The van der Waals surface area contributed by atoms with Crippen LogP contribution < -0.4 is 10.1 Å². The summed E-state index contributed by atoms with van der Waals surface area (Å²) in [6, 6.07) is 14.7. The second-order valence-corrected chi connectivity index (χ2v) is 5.61. The SMILES string of the molecule is CCNC(Cc1cccc(Cl)c1)c1ccc(OC)c(C)c1. The molecule has 3 heteroatoms. The molecule has 0 bridgehead atoms. The van der Waals surface area contributed by atoms with Crippen molar-refractivity contribution in [3.63, 3.8) is 0 Å². The molecule has 0 aliphatic carbocycles. The molecule has 112 valence electrons. The Labute approximate surface area is 132 Å². The highest BCUT2D eigenvalue weighted by Crippen LogP contribution is 2.25. The smallest absolute Gasteiger partial charge is 0.121 e. The van der Waals surface area contributed by atoms with Crippen LogP contribution in [0.4, 0.5) is 0 Å². The van der Waals surface area contributed by atoms with Crippen molar-refractivity contribution >= 4 is 11.6 Å². The average Bonchev–Trinajstić information content (AvgIpc) is 2.47. The molecule has 0 saturated carbocycles. The molecule has 0 aliphatic heterocycles. The molecule has 1 N–H and O–H groups in total. The minimum Gasteiger partial charge on any atom is -0.496 e. The summed E-state index contributed by atoms with van der Waals surface area (Å²) < 4.78 is 5.34. The molecular formula is C18H22ClNO. The molecule has 0 aliphatic rings. The van der Waals surface area contributed by atoms with Gasteiger partial charge >= 0.3 is 0 Å². The minimum absolute atomic E-state index is 0.276. The van der Waals surface area contributed by atoms with E-state index in [4.69, 9.17) is 16.3 Å². The quantitative estimate of drug-likeness (QED) is 0.845. The number of benzene rings is 2. The summed E-state index contributed by atoms with van der Waals surface area (Å²) in [6.45, 7) is 5.13. The lowest BCUT2D eigenvalue weighted by atomic mass is 9.97. The average molecular weight is 304 g/mol. The lowest BCUT2D eigenvalue weighted by Gasteiger charge is -2.20. The van der Waals surface area contributed by atoms with E-state index in [-0.39, 0.29) is 6.04 Å². The van der Waals surface area contributed by atoms with Crippen LogP contribution in [0.5, 0.6) is 5.75 Å². The normalized spacial score (nSPS) is 12.2. The predicted octanol–water partition coefficient (Wildman–Crippen LogP) is 4.55. The summed E-state index contributed by atoms with van der Waals surface area (Å²) in [5, 5.41) is 4.33. The molecule has 0 heterocycles. The van der Waals surface area contributed by atoms with Gasteiger partial charge in [-0.1, -0.05) is 42.8 Å². The highest BCUT2D eigenvalue weighted by atomic mass is 35.5. The van der Waals surface area contributed by atoms with Crippen molar-refractivity contribution in [2.45, 2.75) is 26.3 Å². The molecule has 0 fully saturated rings. The van der Waals surface area contributed by atoms with Crippen LogP contribution in [0.3, 0.4) is 0 Å². The summed E-state index contributed by atoms with van der Waals surface area (Å²) >= 11 is 6.08. The van der Waals surface area contributed by atoms with E-state index in [9.17, 15) is 0 Å². The number of aryl methyl sites for hydroxylation is 1. The van der Waals surface area contributed by atoms with Crippen molar-refractivity contribution in [2.75, 3.05) is 13.7 Å². The lowest BCUT2D eigenvalue weighted by Crippen LogP contribution is -2.23. The molecule has 2 aromatic carbocycles. The van der Waals surface area contributed by atoms with Crippen LogP contribution in [-0.2, 0) is 6.42 Å². The molecule has 0 amide bonds. The van der Waals surface area contributed by atoms with Gasteiger partial charge in [-0.15, -0.1) is 0 Å². The Morgan fingerprint density at radius 2 is 2.00 bits per heavy atom. The Bertz CT molecular complexity index is 598. The standard InChI is InChI=1S/C18H22ClNO/c1-4-20-17(12-14-6-5-7-16(19)11-14)15-8-9-18(21-3)13(2)10-15/h5-11,17,20H,4,12H2,1-3H3. The number of hydrogen-bond acceptors (Lipinski definition) is 2. The van der Waals surface area contributed by atoms with E-state index in [1.165, 1.54) is 11.1 Å². The highest BCUT2D eigenvalue weighted by Gasteiger charge is 2.13. The van der Waals surface area contributed by atoms with Crippen LogP contribution in [0.1, 0.15) is 29.7 Å². The fraction of sp³-hybridized carbons (Fsp3) is 0.333. The summed E-state index contributed by atoms with van der Waals surface area (Å²) in [5.41, 5.74) is 3.67. The number of rotatable bonds is 6. The van der Waals surface area contributed by atoms with E-state index in [2.05, 4.69) is 37.4 Å². The van der Waals surface area contributed by atoms with Crippen LogP contribution in [0.2, 0.25) is 5.02 Å². The Kier molecular flexibility index (Phi) is 5.66. The van der Waals surface area contributed by atoms with Crippen molar-refractivity contribution in [3.05, 3.63) is 64.2 Å². The summed E-state index contributed by atoms with van der Waals surface area (Å²) in [6.07, 6.45) is 0.917. The number of hydrogen-bond donors (Lipinski definition) is 1. The Balaban J connectivity index is 2.24. The number of halogens is 1. The molecule has 21 heavy (non-hydrogen) atoms. The lowest BCUT2D eigenvalue weighted by molar-refractivity contribution is 0.411. The van der Waals surface area contributed by atoms with Crippen molar-refractivity contribution in [2.24, 2.45) is 0 Å². The van der Waals surface area contributed by atoms with E-state index < -0.39 is 0 Å². The van der Waals surface area contributed by atoms with Crippen LogP contribution in [-0.4, -0.2) is 13.7 Å². The van der Waals surface area contributed by atoms with Crippen LogP contribution in [0, 0.1) is 6.92 Å². The third-order valence-electron chi connectivity index (χ3n) is 3.60. The molecule has 0 radical (unpaired) electrons. The number of nitrogens with one attached hydrogen (secondary N) is 1. The monoisotopic (exact) mass is 303 g/mol. The molecule has 0 aromatic heterocycles. The van der Waals surface area contributed by atoms with E-state index in [1.807, 2.05) is 24.3 Å². The minimum atomic E-state index is 0.276. The summed E-state index contributed by atoms with van der Waals surface area (Å²) in [4.78, 5) is 0.